The Labute approximate surface area is 57.6 Å². The van der Waals surface area contributed by atoms with Crippen LogP contribution < -0.4 is 0 Å². The fraction of sp³-hybridized carbons (Fsp3) is 1.00. The Bertz CT molecular complexity index is 110. The molecule has 2 aliphatic rings. The second kappa shape index (κ2) is 1.53. The number of rotatable bonds is 0. The van der Waals surface area contributed by atoms with E-state index in [1.165, 1.54) is 25.7 Å². The van der Waals surface area contributed by atoms with Gasteiger partial charge in [0.25, 0.3) is 0 Å². The predicted molar refractivity (Wildman–Crippen MR) is 39.2 cm³/mol. The normalized spacial score (nSPS) is 46.0. The third kappa shape index (κ3) is 0.798. The van der Waals surface area contributed by atoms with E-state index in [9.17, 15) is 0 Å². The van der Waals surface area contributed by atoms with E-state index in [1.54, 1.807) is 0 Å². The molecule has 0 saturated heterocycles. The highest BCUT2D eigenvalue weighted by Gasteiger charge is 2.43. The summed E-state index contributed by atoms with van der Waals surface area (Å²) in [5.74, 6) is 2.28. The Kier molecular flexibility index (Phi) is 0.980. The van der Waals surface area contributed by atoms with E-state index < -0.39 is 0 Å². The molecule has 0 heterocycles. The molecule has 0 radical (unpaired) electrons. The fourth-order valence-electron chi connectivity index (χ4n) is 2.68. The summed E-state index contributed by atoms with van der Waals surface area (Å²) in [4.78, 5) is 0. The van der Waals surface area contributed by atoms with Crippen LogP contribution in [-0.2, 0) is 0 Å². The average molecular weight is 124 g/mol. The van der Waals surface area contributed by atoms with Crippen molar-refractivity contribution in [2.24, 2.45) is 17.3 Å². The highest BCUT2D eigenvalue weighted by molar-refractivity contribution is 4.94. The Morgan fingerprint density at radius 1 is 1.00 bits per heavy atom. The molecule has 2 rings (SSSR count). The molecule has 2 unspecified atom stereocenters. The first kappa shape index (κ1) is 5.76. The largest absolute Gasteiger partial charge is 0.0599 e. The summed E-state index contributed by atoms with van der Waals surface area (Å²) in [5.41, 5.74) is 0.700. The van der Waals surface area contributed by atoms with Gasteiger partial charge in [-0.25, -0.2) is 0 Å². The minimum absolute atomic E-state index is 0.700. The van der Waals surface area contributed by atoms with Crippen molar-refractivity contribution < 1.29 is 0 Å². The van der Waals surface area contributed by atoms with Crippen molar-refractivity contribution in [2.45, 2.75) is 39.5 Å². The van der Waals surface area contributed by atoms with Gasteiger partial charge >= 0.3 is 0 Å². The summed E-state index contributed by atoms with van der Waals surface area (Å²) in [6, 6.07) is 0. The number of hydrogen-bond acceptors (Lipinski definition) is 0. The van der Waals surface area contributed by atoms with E-state index >= 15 is 0 Å². The van der Waals surface area contributed by atoms with Gasteiger partial charge in [0.15, 0.2) is 0 Å². The van der Waals surface area contributed by atoms with E-state index in [0.29, 0.717) is 5.41 Å². The molecule has 0 nitrogen and oxygen atoms in total. The van der Waals surface area contributed by atoms with Crippen LogP contribution in [0.15, 0.2) is 0 Å². The highest BCUT2D eigenvalue weighted by Crippen LogP contribution is 2.54. The number of fused-ring (bicyclic) bond motifs is 1. The summed E-state index contributed by atoms with van der Waals surface area (Å²) in [6.07, 6.45) is 6.09. The molecule has 0 aromatic heterocycles. The quantitative estimate of drug-likeness (QED) is 0.466. The molecule has 0 aromatic rings. The Morgan fingerprint density at radius 2 is 1.44 bits per heavy atom. The molecule has 0 N–H and O–H groups in total. The Morgan fingerprint density at radius 3 is 1.67 bits per heavy atom. The molecule has 9 heavy (non-hydrogen) atoms. The van der Waals surface area contributed by atoms with E-state index in [0.717, 1.165) is 11.8 Å². The van der Waals surface area contributed by atoms with Crippen molar-refractivity contribution in [1.29, 1.82) is 0 Å². The lowest BCUT2D eigenvalue weighted by atomic mass is 9.77. The molecule has 0 aromatic carbocycles. The van der Waals surface area contributed by atoms with Gasteiger partial charge in [0, 0.05) is 0 Å². The summed E-state index contributed by atoms with van der Waals surface area (Å²) < 4.78 is 0. The molecule has 2 atom stereocenters. The molecular weight excluding hydrogens is 108 g/mol. The zero-order valence-corrected chi connectivity index (χ0v) is 6.48. The molecule has 0 spiro atoms. The first-order valence-electron chi connectivity index (χ1n) is 4.17. The maximum Gasteiger partial charge on any atom is -0.0349 e. The van der Waals surface area contributed by atoms with Crippen molar-refractivity contribution in [3.63, 3.8) is 0 Å². The molecule has 0 bridgehead atoms. The second-order valence-corrected chi connectivity index (χ2v) is 4.67. The Balaban J connectivity index is 2.07. The summed E-state index contributed by atoms with van der Waals surface area (Å²) in [7, 11) is 0. The SMILES string of the molecule is CC1(C)CC2CCC2C1. The molecule has 2 fully saturated rings. The van der Waals surface area contributed by atoms with Crippen LogP contribution in [0.1, 0.15) is 39.5 Å². The topological polar surface area (TPSA) is 0 Å². The summed E-state index contributed by atoms with van der Waals surface area (Å²) in [6.45, 7) is 4.84. The van der Waals surface area contributed by atoms with Crippen LogP contribution in [0.4, 0.5) is 0 Å². The van der Waals surface area contributed by atoms with Crippen molar-refractivity contribution in [2.75, 3.05) is 0 Å². The van der Waals surface area contributed by atoms with E-state index in [-0.39, 0.29) is 0 Å². The maximum atomic E-state index is 2.42. The fourth-order valence-corrected chi connectivity index (χ4v) is 2.68. The van der Waals surface area contributed by atoms with Gasteiger partial charge in [0.1, 0.15) is 0 Å². The van der Waals surface area contributed by atoms with Crippen molar-refractivity contribution in [1.82, 2.24) is 0 Å². The maximum absolute atomic E-state index is 2.42. The van der Waals surface area contributed by atoms with Gasteiger partial charge in [0.2, 0.25) is 0 Å². The monoisotopic (exact) mass is 124 g/mol. The lowest BCUT2D eigenvalue weighted by Crippen LogP contribution is -2.18. The molecule has 0 aliphatic heterocycles. The summed E-state index contributed by atoms with van der Waals surface area (Å²) >= 11 is 0. The van der Waals surface area contributed by atoms with Gasteiger partial charge in [-0.05, 0) is 42.9 Å². The molecule has 0 heteroatoms. The van der Waals surface area contributed by atoms with Crippen molar-refractivity contribution >= 4 is 0 Å². The molecule has 52 valence electrons. The molecule has 2 saturated carbocycles. The van der Waals surface area contributed by atoms with Gasteiger partial charge in [-0.1, -0.05) is 13.8 Å². The van der Waals surface area contributed by atoms with Crippen LogP contribution >= 0.6 is 0 Å². The van der Waals surface area contributed by atoms with Gasteiger partial charge in [-0.2, -0.15) is 0 Å². The lowest BCUT2D eigenvalue weighted by Gasteiger charge is -2.29. The van der Waals surface area contributed by atoms with Crippen LogP contribution in [0.25, 0.3) is 0 Å². The minimum atomic E-state index is 0.700. The number of hydrogen-bond donors (Lipinski definition) is 0. The smallest absolute Gasteiger partial charge is 0.0349 e. The standard InChI is InChI=1S/C9H16/c1-9(2)5-7-3-4-8(7)6-9/h7-8H,3-6H2,1-2H3. The zero-order valence-electron chi connectivity index (χ0n) is 6.48. The van der Waals surface area contributed by atoms with Gasteiger partial charge in [-0.3, -0.25) is 0 Å². The highest BCUT2D eigenvalue weighted by atomic mass is 14.5. The van der Waals surface area contributed by atoms with Crippen molar-refractivity contribution in [3.8, 4) is 0 Å². The van der Waals surface area contributed by atoms with E-state index in [2.05, 4.69) is 13.8 Å². The molecule has 2 aliphatic carbocycles. The van der Waals surface area contributed by atoms with Gasteiger partial charge in [0.05, 0.1) is 0 Å². The lowest BCUT2D eigenvalue weighted by molar-refractivity contribution is 0.219. The van der Waals surface area contributed by atoms with Crippen LogP contribution in [-0.4, -0.2) is 0 Å². The minimum Gasteiger partial charge on any atom is -0.0599 e. The zero-order chi connectivity index (χ0) is 6.48. The second-order valence-electron chi connectivity index (χ2n) is 4.67. The third-order valence-electron chi connectivity index (χ3n) is 3.20. The van der Waals surface area contributed by atoms with Crippen LogP contribution in [0, 0.1) is 17.3 Å². The molecule has 0 amide bonds. The van der Waals surface area contributed by atoms with Crippen LogP contribution in [0.2, 0.25) is 0 Å². The van der Waals surface area contributed by atoms with Gasteiger partial charge in [-0.15, -0.1) is 0 Å². The average Bonchev–Trinajstić information content (AvgIpc) is 1.90. The summed E-state index contributed by atoms with van der Waals surface area (Å²) in [5, 5.41) is 0. The van der Waals surface area contributed by atoms with Crippen molar-refractivity contribution in [3.05, 3.63) is 0 Å². The van der Waals surface area contributed by atoms with E-state index in [4.69, 9.17) is 0 Å². The molecular formula is C9H16. The Hall–Kier alpha value is 0. The predicted octanol–water partition coefficient (Wildman–Crippen LogP) is 2.83. The van der Waals surface area contributed by atoms with Crippen LogP contribution in [0.5, 0.6) is 0 Å². The first-order chi connectivity index (χ1) is 4.17. The van der Waals surface area contributed by atoms with Crippen LogP contribution in [0.3, 0.4) is 0 Å². The first-order valence-corrected chi connectivity index (χ1v) is 4.17. The van der Waals surface area contributed by atoms with E-state index in [1.807, 2.05) is 0 Å². The third-order valence-corrected chi connectivity index (χ3v) is 3.20. The van der Waals surface area contributed by atoms with Gasteiger partial charge < -0.3 is 0 Å².